The number of benzene rings is 1. The van der Waals surface area contributed by atoms with E-state index in [-0.39, 0.29) is 11.2 Å². The van der Waals surface area contributed by atoms with Gasteiger partial charge in [-0.2, -0.15) is 18.3 Å². The van der Waals surface area contributed by atoms with Crippen LogP contribution in [0.4, 0.5) is 36.4 Å². The summed E-state index contributed by atoms with van der Waals surface area (Å²) in [6.07, 6.45) is -3.37. The van der Waals surface area contributed by atoms with Crippen molar-refractivity contribution in [1.29, 1.82) is 0 Å². The second-order valence-corrected chi connectivity index (χ2v) is 7.01. The summed E-state index contributed by atoms with van der Waals surface area (Å²) in [6.45, 7) is 0. The third-order valence-electron chi connectivity index (χ3n) is 4.20. The predicted molar refractivity (Wildman–Crippen MR) is 95.5 cm³/mol. The van der Waals surface area contributed by atoms with Gasteiger partial charge < -0.3 is 5.32 Å². The molecular formula is C18H7F7N4OS. The number of nitrogens with one attached hydrogen (secondary N) is 1. The molecule has 1 aromatic carbocycles. The first kappa shape index (κ1) is 20.8. The van der Waals surface area contributed by atoms with Gasteiger partial charge in [0, 0.05) is 6.20 Å². The quantitative estimate of drug-likeness (QED) is 0.334. The lowest BCUT2D eigenvalue weighted by Gasteiger charge is -2.14. The summed E-state index contributed by atoms with van der Waals surface area (Å²) in [4.78, 5) is 17.2. The van der Waals surface area contributed by atoms with E-state index in [0.29, 0.717) is 5.69 Å². The first-order valence-electron chi connectivity index (χ1n) is 8.22. The molecule has 13 heteroatoms. The molecular weight excluding hydrogens is 453 g/mol. The van der Waals surface area contributed by atoms with Crippen molar-refractivity contribution in [1.82, 2.24) is 14.6 Å². The molecule has 31 heavy (non-hydrogen) atoms. The number of rotatable bonds is 3. The minimum atomic E-state index is -5.69. The van der Waals surface area contributed by atoms with Crippen LogP contribution in [-0.2, 0) is 6.18 Å². The molecule has 0 unspecified atom stereocenters. The van der Waals surface area contributed by atoms with Crippen LogP contribution in [0.2, 0.25) is 0 Å². The maximum atomic E-state index is 14.1. The lowest BCUT2D eigenvalue weighted by molar-refractivity contribution is -0.143. The SMILES string of the molecule is O=C(Nc1c(F)c(F)c(C(F)(F)F)c(F)c1F)c1cnn2c(-c3cccs3)ccnc12. The summed E-state index contributed by atoms with van der Waals surface area (Å²) < 4.78 is 95.0. The fourth-order valence-electron chi connectivity index (χ4n) is 2.83. The third-order valence-corrected chi connectivity index (χ3v) is 5.10. The average Bonchev–Trinajstić information content (AvgIpc) is 3.38. The predicted octanol–water partition coefficient (Wildman–Crippen LogP) is 5.29. The fourth-order valence-corrected chi connectivity index (χ4v) is 3.57. The lowest BCUT2D eigenvalue weighted by Crippen LogP contribution is -2.20. The maximum absolute atomic E-state index is 14.1. The van der Waals surface area contributed by atoms with Crippen LogP contribution in [0.5, 0.6) is 0 Å². The van der Waals surface area contributed by atoms with Gasteiger partial charge in [0.15, 0.2) is 28.9 Å². The second-order valence-electron chi connectivity index (χ2n) is 6.06. The highest BCUT2D eigenvalue weighted by atomic mass is 32.1. The van der Waals surface area contributed by atoms with E-state index in [2.05, 4.69) is 10.1 Å². The van der Waals surface area contributed by atoms with Crippen LogP contribution >= 0.6 is 11.3 Å². The van der Waals surface area contributed by atoms with Crippen LogP contribution in [0, 0.1) is 23.3 Å². The van der Waals surface area contributed by atoms with Crippen molar-refractivity contribution in [3.8, 4) is 10.6 Å². The zero-order valence-electron chi connectivity index (χ0n) is 14.8. The Labute approximate surface area is 171 Å². The highest BCUT2D eigenvalue weighted by molar-refractivity contribution is 7.13. The Balaban J connectivity index is 1.76. The number of anilines is 1. The lowest BCUT2D eigenvalue weighted by atomic mass is 10.1. The topological polar surface area (TPSA) is 59.3 Å². The molecule has 0 aliphatic carbocycles. The number of thiophene rings is 1. The van der Waals surface area contributed by atoms with Crippen molar-refractivity contribution in [3.63, 3.8) is 0 Å². The smallest absolute Gasteiger partial charge is 0.317 e. The number of halogens is 7. The zero-order valence-corrected chi connectivity index (χ0v) is 15.6. The van der Waals surface area contributed by atoms with Crippen molar-refractivity contribution in [2.24, 2.45) is 0 Å². The molecule has 0 aliphatic rings. The van der Waals surface area contributed by atoms with Crippen molar-refractivity contribution in [3.05, 3.63) is 70.4 Å². The summed E-state index contributed by atoms with van der Waals surface area (Å²) in [5.41, 5.74) is -4.31. The maximum Gasteiger partial charge on any atom is 0.422 e. The molecule has 0 saturated heterocycles. The molecule has 3 heterocycles. The summed E-state index contributed by atoms with van der Waals surface area (Å²) in [7, 11) is 0. The van der Waals surface area contributed by atoms with Gasteiger partial charge in [0.2, 0.25) is 0 Å². The van der Waals surface area contributed by atoms with Gasteiger partial charge in [-0.25, -0.2) is 27.1 Å². The zero-order chi connectivity index (χ0) is 22.5. The Bertz CT molecular complexity index is 1290. The molecule has 0 spiro atoms. The van der Waals surface area contributed by atoms with E-state index in [0.717, 1.165) is 11.1 Å². The number of fused-ring (bicyclic) bond motifs is 1. The van der Waals surface area contributed by atoms with Crippen molar-refractivity contribution < 1.29 is 35.5 Å². The van der Waals surface area contributed by atoms with Crippen LogP contribution in [-0.4, -0.2) is 20.5 Å². The van der Waals surface area contributed by atoms with Crippen molar-refractivity contribution in [2.45, 2.75) is 6.18 Å². The van der Waals surface area contributed by atoms with Gasteiger partial charge in [-0.05, 0) is 17.5 Å². The summed E-state index contributed by atoms with van der Waals surface area (Å²) in [6, 6.07) is 5.12. The number of alkyl halides is 3. The largest absolute Gasteiger partial charge is 0.422 e. The summed E-state index contributed by atoms with van der Waals surface area (Å²) >= 11 is 1.36. The van der Waals surface area contributed by atoms with Gasteiger partial charge in [-0.1, -0.05) is 6.07 Å². The van der Waals surface area contributed by atoms with Crippen molar-refractivity contribution in [2.75, 3.05) is 5.32 Å². The average molecular weight is 460 g/mol. The number of aromatic nitrogens is 3. The number of amides is 1. The monoisotopic (exact) mass is 460 g/mol. The van der Waals surface area contributed by atoms with Gasteiger partial charge >= 0.3 is 6.18 Å². The van der Waals surface area contributed by atoms with Crippen molar-refractivity contribution >= 4 is 28.6 Å². The molecule has 0 saturated carbocycles. The minimum Gasteiger partial charge on any atom is -0.317 e. The Morgan fingerprint density at radius 2 is 1.71 bits per heavy atom. The van der Waals surface area contributed by atoms with E-state index in [1.165, 1.54) is 22.0 Å². The Morgan fingerprint density at radius 3 is 2.29 bits per heavy atom. The first-order chi connectivity index (χ1) is 14.6. The van der Waals surface area contributed by atoms with Gasteiger partial charge in [0.25, 0.3) is 5.91 Å². The molecule has 160 valence electrons. The normalized spacial score (nSPS) is 11.8. The number of carbonyl (C=O) groups excluding carboxylic acids is 1. The van der Waals surface area contributed by atoms with Crippen LogP contribution in [0.25, 0.3) is 16.2 Å². The molecule has 3 aromatic heterocycles. The van der Waals surface area contributed by atoms with Crippen LogP contribution in [0.3, 0.4) is 0 Å². The van der Waals surface area contributed by atoms with E-state index in [4.69, 9.17) is 0 Å². The molecule has 0 aliphatic heterocycles. The molecule has 0 atom stereocenters. The standard InChI is InChI=1S/C18H7F7N4OS/c19-11-10(18(23,24)25)12(20)14(22)15(13(11)21)28-17(30)7-6-27-29-8(3-4-26-16(7)29)9-2-1-5-31-9/h1-6H,(H,28,30). The molecule has 1 amide bonds. The number of carbonyl (C=O) groups is 1. The number of hydrogen-bond donors (Lipinski definition) is 1. The van der Waals surface area contributed by atoms with Gasteiger partial charge in [0.1, 0.15) is 16.8 Å². The molecule has 5 nitrogen and oxygen atoms in total. The van der Waals surface area contributed by atoms with Crippen LogP contribution in [0.1, 0.15) is 15.9 Å². The molecule has 0 radical (unpaired) electrons. The Morgan fingerprint density at radius 1 is 1.03 bits per heavy atom. The Kier molecular flexibility index (Phi) is 4.92. The number of hydrogen-bond acceptors (Lipinski definition) is 4. The highest BCUT2D eigenvalue weighted by Crippen LogP contribution is 2.38. The van der Waals surface area contributed by atoms with E-state index in [1.54, 1.807) is 28.9 Å². The summed E-state index contributed by atoms with van der Waals surface area (Å²) in [5, 5.41) is 7.33. The highest BCUT2D eigenvalue weighted by Gasteiger charge is 2.42. The molecule has 0 bridgehead atoms. The first-order valence-corrected chi connectivity index (χ1v) is 9.10. The van der Waals surface area contributed by atoms with E-state index >= 15 is 0 Å². The summed E-state index contributed by atoms with van der Waals surface area (Å²) in [5.74, 6) is -11.5. The fraction of sp³-hybridized carbons (Fsp3) is 0.0556. The van der Waals surface area contributed by atoms with Gasteiger partial charge in [-0.15, -0.1) is 11.3 Å². The minimum absolute atomic E-state index is 0.0583. The molecule has 0 fully saturated rings. The van der Waals surface area contributed by atoms with E-state index < -0.39 is 46.6 Å². The number of nitrogens with zero attached hydrogens (tertiary/aromatic N) is 3. The molecule has 1 N–H and O–H groups in total. The van der Waals surface area contributed by atoms with Crippen LogP contribution < -0.4 is 5.32 Å². The van der Waals surface area contributed by atoms with E-state index in [9.17, 15) is 35.5 Å². The second kappa shape index (κ2) is 7.34. The molecule has 4 rings (SSSR count). The molecule has 4 aromatic rings. The Hall–Kier alpha value is -3.48. The third kappa shape index (κ3) is 3.40. The van der Waals surface area contributed by atoms with Gasteiger partial charge in [-0.3, -0.25) is 4.79 Å². The van der Waals surface area contributed by atoms with Gasteiger partial charge in [0.05, 0.1) is 16.8 Å². The van der Waals surface area contributed by atoms with E-state index in [1.807, 2.05) is 0 Å². The van der Waals surface area contributed by atoms with Crippen LogP contribution in [0.15, 0.2) is 36.0 Å².